The van der Waals surface area contributed by atoms with E-state index in [4.69, 9.17) is 0 Å². The zero-order valence-electron chi connectivity index (χ0n) is 16.5. The van der Waals surface area contributed by atoms with Gasteiger partial charge in [0.05, 0.1) is 11.9 Å². The molecule has 8 nitrogen and oxygen atoms in total. The van der Waals surface area contributed by atoms with Crippen molar-refractivity contribution >= 4 is 17.2 Å². The predicted octanol–water partition coefficient (Wildman–Crippen LogP) is 3.01. The van der Waals surface area contributed by atoms with E-state index in [2.05, 4.69) is 39.2 Å². The van der Waals surface area contributed by atoms with Crippen LogP contribution in [0.15, 0.2) is 61.3 Å². The van der Waals surface area contributed by atoms with E-state index in [1.165, 1.54) is 0 Å². The molecule has 0 atom stereocenters. The molecule has 148 valence electrons. The molecule has 0 aliphatic carbocycles. The third-order valence-electron chi connectivity index (χ3n) is 4.85. The Morgan fingerprint density at radius 2 is 1.90 bits per heavy atom. The summed E-state index contributed by atoms with van der Waals surface area (Å²) < 4.78 is 3.42. The molecule has 0 fully saturated rings. The topological polar surface area (TPSA) is 80.3 Å². The fourth-order valence-corrected chi connectivity index (χ4v) is 3.18. The lowest BCUT2D eigenvalue weighted by Crippen LogP contribution is -2.22. The molecule has 3 heterocycles. The lowest BCUT2D eigenvalue weighted by Gasteiger charge is -2.17. The van der Waals surface area contributed by atoms with E-state index in [-0.39, 0.29) is 5.91 Å². The summed E-state index contributed by atoms with van der Waals surface area (Å²) in [6.07, 6.45) is 8.88. The number of carbonyl (C=O) groups excluding carboxylic acids is 1. The number of nitrogens with one attached hydrogen (secondary N) is 1. The van der Waals surface area contributed by atoms with Crippen LogP contribution in [-0.2, 0) is 6.54 Å². The summed E-state index contributed by atoms with van der Waals surface area (Å²) in [5, 5.41) is 11.4. The lowest BCUT2D eigenvalue weighted by atomic mass is 10.2. The maximum absolute atomic E-state index is 12.7. The molecule has 4 aromatic rings. The van der Waals surface area contributed by atoms with Gasteiger partial charge in [0, 0.05) is 42.6 Å². The fourth-order valence-electron chi connectivity index (χ4n) is 3.18. The van der Waals surface area contributed by atoms with Crippen LogP contribution in [0.5, 0.6) is 0 Å². The highest BCUT2D eigenvalue weighted by atomic mass is 16.1. The van der Waals surface area contributed by atoms with E-state index in [9.17, 15) is 4.79 Å². The minimum atomic E-state index is -0.240. The molecule has 0 saturated carbocycles. The molecule has 0 bridgehead atoms. The van der Waals surface area contributed by atoms with Gasteiger partial charge < -0.3 is 5.32 Å². The van der Waals surface area contributed by atoms with Gasteiger partial charge >= 0.3 is 0 Å². The van der Waals surface area contributed by atoms with Gasteiger partial charge in [0.2, 0.25) is 0 Å². The molecule has 1 N–H and O–H groups in total. The van der Waals surface area contributed by atoms with Crippen LogP contribution in [-0.4, -0.2) is 48.3 Å². The average molecular weight is 389 g/mol. The van der Waals surface area contributed by atoms with E-state index in [0.717, 1.165) is 30.9 Å². The quantitative estimate of drug-likeness (QED) is 0.526. The van der Waals surface area contributed by atoms with Crippen molar-refractivity contribution in [2.45, 2.75) is 20.4 Å². The third-order valence-corrected chi connectivity index (χ3v) is 4.85. The molecule has 0 aliphatic rings. The van der Waals surface area contributed by atoms with Crippen molar-refractivity contribution in [3.63, 3.8) is 0 Å². The second kappa shape index (κ2) is 8.24. The molecule has 0 unspecified atom stereocenters. The van der Waals surface area contributed by atoms with Gasteiger partial charge in [-0.3, -0.25) is 9.69 Å². The summed E-state index contributed by atoms with van der Waals surface area (Å²) in [7, 11) is 0. The minimum absolute atomic E-state index is 0.240. The van der Waals surface area contributed by atoms with Gasteiger partial charge in [0.15, 0.2) is 5.65 Å². The van der Waals surface area contributed by atoms with Crippen LogP contribution in [0.3, 0.4) is 0 Å². The first kappa shape index (κ1) is 18.8. The first-order chi connectivity index (χ1) is 14.2. The molecular weight excluding hydrogens is 366 g/mol. The Morgan fingerprint density at radius 3 is 2.59 bits per heavy atom. The molecule has 29 heavy (non-hydrogen) atoms. The van der Waals surface area contributed by atoms with E-state index in [1.54, 1.807) is 21.6 Å². The van der Waals surface area contributed by atoms with Crippen LogP contribution in [0.4, 0.5) is 5.69 Å². The minimum Gasteiger partial charge on any atom is -0.322 e. The number of benzene rings is 1. The van der Waals surface area contributed by atoms with E-state index in [0.29, 0.717) is 16.9 Å². The summed E-state index contributed by atoms with van der Waals surface area (Å²) in [6, 6.07) is 9.35. The normalized spacial score (nSPS) is 11.3. The molecule has 3 aromatic heterocycles. The summed E-state index contributed by atoms with van der Waals surface area (Å²) in [5.41, 5.74) is 3.66. The number of anilines is 1. The van der Waals surface area contributed by atoms with Crippen LogP contribution in [0.2, 0.25) is 0 Å². The van der Waals surface area contributed by atoms with Gasteiger partial charge in [-0.05, 0) is 43.4 Å². The molecule has 0 aliphatic heterocycles. The summed E-state index contributed by atoms with van der Waals surface area (Å²) in [6.45, 7) is 7.02. The molecule has 0 spiro atoms. The highest BCUT2D eigenvalue weighted by Gasteiger charge is 2.15. The van der Waals surface area contributed by atoms with E-state index in [1.807, 2.05) is 48.9 Å². The fraction of sp³-hybridized carbons (Fsp3) is 0.238. The summed E-state index contributed by atoms with van der Waals surface area (Å²) >= 11 is 0. The van der Waals surface area contributed by atoms with Crippen molar-refractivity contribution in [3.05, 3.63) is 72.4 Å². The Labute approximate surface area is 168 Å². The smallest absolute Gasteiger partial charge is 0.261 e. The maximum atomic E-state index is 12.7. The molecule has 0 radical (unpaired) electrons. The number of hydrogen-bond acceptors (Lipinski definition) is 5. The number of nitrogens with zero attached hydrogens (tertiary/aromatic N) is 6. The van der Waals surface area contributed by atoms with Crippen molar-refractivity contribution in [1.82, 2.24) is 29.3 Å². The van der Waals surface area contributed by atoms with Crippen LogP contribution in [0.1, 0.15) is 29.8 Å². The van der Waals surface area contributed by atoms with Gasteiger partial charge in [-0.25, -0.2) is 14.2 Å². The largest absolute Gasteiger partial charge is 0.322 e. The van der Waals surface area contributed by atoms with Crippen LogP contribution in [0.25, 0.3) is 11.3 Å². The van der Waals surface area contributed by atoms with E-state index < -0.39 is 0 Å². The van der Waals surface area contributed by atoms with Gasteiger partial charge in [-0.15, -0.1) is 0 Å². The zero-order chi connectivity index (χ0) is 20.2. The van der Waals surface area contributed by atoms with Crippen molar-refractivity contribution in [2.75, 3.05) is 18.4 Å². The van der Waals surface area contributed by atoms with Gasteiger partial charge in [0.1, 0.15) is 5.56 Å². The monoisotopic (exact) mass is 389 g/mol. The summed E-state index contributed by atoms with van der Waals surface area (Å²) in [5.74, 6) is -0.240. The highest BCUT2D eigenvalue weighted by Crippen LogP contribution is 2.16. The average Bonchev–Trinajstić information content (AvgIpc) is 3.42. The number of aromatic nitrogens is 5. The Bertz CT molecular complexity index is 1100. The Balaban J connectivity index is 1.50. The van der Waals surface area contributed by atoms with Gasteiger partial charge in [-0.1, -0.05) is 13.8 Å². The molecule has 0 saturated heterocycles. The number of rotatable bonds is 7. The molecule has 1 aromatic carbocycles. The maximum Gasteiger partial charge on any atom is 0.261 e. The number of amides is 1. The first-order valence-electron chi connectivity index (χ1n) is 9.64. The van der Waals surface area contributed by atoms with E-state index >= 15 is 0 Å². The van der Waals surface area contributed by atoms with Crippen LogP contribution < -0.4 is 5.32 Å². The van der Waals surface area contributed by atoms with Crippen molar-refractivity contribution in [3.8, 4) is 5.69 Å². The van der Waals surface area contributed by atoms with Crippen molar-refractivity contribution < 1.29 is 4.79 Å². The predicted molar refractivity (Wildman–Crippen MR) is 111 cm³/mol. The number of carbonyl (C=O) groups is 1. The second-order valence-corrected chi connectivity index (χ2v) is 6.70. The highest BCUT2D eigenvalue weighted by molar-refractivity contribution is 6.08. The van der Waals surface area contributed by atoms with Gasteiger partial charge in [0.25, 0.3) is 5.91 Å². The van der Waals surface area contributed by atoms with Crippen molar-refractivity contribution in [2.24, 2.45) is 0 Å². The zero-order valence-corrected chi connectivity index (χ0v) is 16.5. The first-order valence-corrected chi connectivity index (χ1v) is 9.64. The summed E-state index contributed by atoms with van der Waals surface area (Å²) in [4.78, 5) is 19.5. The Hall–Kier alpha value is -3.52. The third kappa shape index (κ3) is 4.02. The molecular formula is C21H23N7O. The van der Waals surface area contributed by atoms with Crippen LogP contribution in [0, 0.1) is 0 Å². The van der Waals surface area contributed by atoms with Crippen LogP contribution >= 0.6 is 0 Å². The molecule has 8 heteroatoms. The second-order valence-electron chi connectivity index (χ2n) is 6.70. The standard InChI is InChI=1S/C21H23N7O/c1-3-26(4-2)14-16-12-22-20-19(13-24-28(20)15-16)21(29)25-17-6-8-18(9-7-17)27-11-5-10-23-27/h5-13,15H,3-4,14H2,1-2H3,(H,25,29). The number of fused-ring (bicyclic) bond motifs is 1. The van der Waals surface area contributed by atoms with Gasteiger partial charge in [-0.2, -0.15) is 10.2 Å². The molecule has 1 amide bonds. The Morgan fingerprint density at radius 1 is 1.10 bits per heavy atom. The van der Waals surface area contributed by atoms with Crippen molar-refractivity contribution in [1.29, 1.82) is 0 Å². The number of hydrogen-bond donors (Lipinski definition) is 1. The molecule has 4 rings (SSSR count). The SMILES string of the molecule is CCN(CC)Cc1cnc2c(C(=O)Nc3ccc(-n4cccn4)cc3)cnn2c1. The lowest BCUT2D eigenvalue weighted by molar-refractivity contribution is 0.102. The Kier molecular flexibility index (Phi) is 5.35.